The van der Waals surface area contributed by atoms with Crippen LogP contribution in [0.1, 0.15) is 6.92 Å². The summed E-state index contributed by atoms with van der Waals surface area (Å²) in [4.78, 5) is 20.0. The van der Waals surface area contributed by atoms with E-state index in [4.69, 9.17) is 9.84 Å². The van der Waals surface area contributed by atoms with Gasteiger partial charge in [0.2, 0.25) is 10.0 Å². The molecule has 0 bridgehead atoms. The minimum absolute atomic E-state index is 0.113. The molecule has 20 heavy (non-hydrogen) atoms. The van der Waals surface area contributed by atoms with Crippen molar-refractivity contribution in [3.63, 3.8) is 0 Å². The van der Waals surface area contributed by atoms with Crippen molar-refractivity contribution in [2.75, 3.05) is 7.11 Å². The molecule has 110 valence electrons. The molecule has 10 heteroatoms. The van der Waals surface area contributed by atoms with E-state index in [0.717, 1.165) is 19.1 Å². The fourth-order valence-electron chi connectivity index (χ4n) is 1.34. The van der Waals surface area contributed by atoms with E-state index in [0.29, 0.717) is 0 Å². The van der Waals surface area contributed by atoms with Gasteiger partial charge in [-0.15, -0.1) is 0 Å². The molecule has 1 aromatic rings. The lowest BCUT2D eigenvalue weighted by atomic mass is 10.3. The van der Waals surface area contributed by atoms with Gasteiger partial charge in [0.25, 0.3) is 5.69 Å². The number of ether oxygens (including phenoxy) is 1. The number of methoxy groups -OCH3 is 1. The maximum absolute atomic E-state index is 12.0. The van der Waals surface area contributed by atoms with Gasteiger partial charge in [-0.3, -0.25) is 14.9 Å². The van der Waals surface area contributed by atoms with Gasteiger partial charge in [-0.1, -0.05) is 0 Å². The summed E-state index contributed by atoms with van der Waals surface area (Å²) in [6, 6.07) is 1.74. The summed E-state index contributed by atoms with van der Waals surface area (Å²) in [5.41, 5.74) is -0.700. The van der Waals surface area contributed by atoms with Crippen LogP contribution in [0, 0.1) is 10.1 Å². The number of nitrogens with zero attached hydrogens (tertiary/aromatic N) is 1. The highest BCUT2D eigenvalue weighted by Gasteiger charge is 2.29. The van der Waals surface area contributed by atoms with E-state index >= 15 is 0 Å². The number of aliphatic carboxylic acids is 1. The fourth-order valence-corrected chi connectivity index (χ4v) is 2.69. The summed E-state index contributed by atoms with van der Waals surface area (Å²) >= 11 is 0. The van der Waals surface area contributed by atoms with Crippen molar-refractivity contribution in [1.82, 2.24) is 4.72 Å². The first kappa shape index (κ1) is 15.9. The van der Waals surface area contributed by atoms with Gasteiger partial charge >= 0.3 is 5.97 Å². The Morgan fingerprint density at radius 2 is 2.10 bits per heavy atom. The lowest BCUT2D eigenvalue weighted by Gasteiger charge is -2.11. The Morgan fingerprint density at radius 1 is 1.50 bits per heavy atom. The van der Waals surface area contributed by atoms with Crippen molar-refractivity contribution in [1.29, 1.82) is 0 Å². The first-order valence-corrected chi connectivity index (χ1v) is 6.75. The molecule has 0 spiro atoms. The molecule has 0 aliphatic heterocycles. The SMILES string of the molecule is COc1ccc(S(=O)(=O)NC(C)C(=O)O)c([N+](=O)[O-])c1. The number of nitrogens with one attached hydrogen (secondary N) is 1. The number of rotatable bonds is 6. The Labute approximate surface area is 114 Å². The zero-order valence-electron chi connectivity index (χ0n) is 10.6. The molecule has 9 nitrogen and oxygen atoms in total. The van der Waals surface area contributed by atoms with Crippen LogP contribution in [0.3, 0.4) is 0 Å². The highest BCUT2D eigenvalue weighted by atomic mass is 32.2. The molecule has 1 rings (SSSR count). The topological polar surface area (TPSA) is 136 Å². The number of hydrogen-bond donors (Lipinski definition) is 2. The van der Waals surface area contributed by atoms with Crippen LogP contribution in [-0.2, 0) is 14.8 Å². The third-order valence-corrected chi connectivity index (χ3v) is 3.94. The molecular formula is C10H12N2O7S. The summed E-state index contributed by atoms with van der Waals surface area (Å²) in [5, 5.41) is 19.6. The lowest BCUT2D eigenvalue weighted by Crippen LogP contribution is -2.38. The number of nitro groups is 1. The number of nitro benzene ring substituents is 1. The smallest absolute Gasteiger partial charge is 0.321 e. The van der Waals surface area contributed by atoms with Gasteiger partial charge in [-0.25, -0.2) is 8.42 Å². The third kappa shape index (κ3) is 3.42. The molecule has 2 N–H and O–H groups in total. The molecule has 1 aromatic carbocycles. The van der Waals surface area contributed by atoms with E-state index in [9.17, 15) is 23.3 Å². The Morgan fingerprint density at radius 3 is 2.55 bits per heavy atom. The van der Waals surface area contributed by atoms with E-state index < -0.39 is 37.5 Å². The number of benzene rings is 1. The van der Waals surface area contributed by atoms with E-state index in [-0.39, 0.29) is 5.75 Å². The van der Waals surface area contributed by atoms with Crippen molar-refractivity contribution in [3.05, 3.63) is 28.3 Å². The Bertz CT molecular complexity index is 641. The first-order valence-electron chi connectivity index (χ1n) is 5.26. The van der Waals surface area contributed by atoms with Crippen LogP contribution < -0.4 is 9.46 Å². The number of carboxylic acid groups (broad SMARTS) is 1. The van der Waals surface area contributed by atoms with Gasteiger partial charge in [-0.05, 0) is 19.1 Å². The van der Waals surface area contributed by atoms with Crippen LogP contribution in [0.5, 0.6) is 5.75 Å². The van der Waals surface area contributed by atoms with Crippen LogP contribution in [0.15, 0.2) is 23.1 Å². The van der Waals surface area contributed by atoms with Gasteiger partial charge in [0.1, 0.15) is 11.8 Å². The quantitative estimate of drug-likeness (QED) is 0.571. The van der Waals surface area contributed by atoms with Gasteiger partial charge in [-0.2, -0.15) is 4.72 Å². The second kappa shape index (κ2) is 5.84. The molecule has 0 aliphatic carbocycles. The number of carbonyl (C=O) groups is 1. The van der Waals surface area contributed by atoms with Gasteiger partial charge < -0.3 is 9.84 Å². The molecule has 0 radical (unpaired) electrons. The average Bonchev–Trinajstić information content (AvgIpc) is 2.37. The Kier molecular flexibility index (Phi) is 4.63. The molecular weight excluding hydrogens is 292 g/mol. The molecule has 0 saturated heterocycles. The molecule has 0 fully saturated rings. The minimum atomic E-state index is -4.33. The monoisotopic (exact) mass is 304 g/mol. The Balaban J connectivity index is 3.31. The lowest BCUT2D eigenvalue weighted by molar-refractivity contribution is -0.387. The summed E-state index contributed by atoms with van der Waals surface area (Å²) in [7, 11) is -3.06. The predicted molar refractivity (Wildman–Crippen MR) is 67.1 cm³/mol. The molecule has 0 saturated carbocycles. The van der Waals surface area contributed by atoms with E-state index in [1.165, 1.54) is 13.2 Å². The average molecular weight is 304 g/mol. The number of sulfonamides is 1. The standard InChI is InChI=1S/C10H12N2O7S/c1-6(10(13)14)11-20(17,18)9-4-3-7(19-2)5-8(9)12(15)16/h3-6,11H,1-2H3,(H,13,14). The number of carboxylic acids is 1. The van der Waals surface area contributed by atoms with Crippen LogP contribution >= 0.6 is 0 Å². The fraction of sp³-hybridized carbons (Fsp3) is 0.300. The molecule has 0 aliphatic rings. The molecule has 0 amide bonds. The highest BCUT2D eigenvalue weighted by Crippen LogP contribution is 2.28. The van der Waals surface area contributed by atoms with Crippen molar-refractivity contribution in [2.24, 2.45) is 0 Å². The van der Waals surface area contributed by atoms with E-state index in [2.05, 4.69) is 0 Å². The normalized spacial score (nSPS) is 12.7. The maximum atomic E-state index is 12.0. The van der Waals surface area contributed by atoms with Crippen LogP contribution in [0.2, 0.25) is 0 Å². The van der Waals surface area contributed by atoms with Crippen LogP contribution in [0.25, 0.3) is 0 Å². The Hall–Kier alpha value is -2.20. The van der Waals surface area contributed by atoms with Crippen molar-refractivity contribution in [3.8, 4) is 5.75 Å². The van der Waals surface area contributed by atoms with Crippen LogP contribution in [-0.4, -0.2) is 37.6 Å². The summed E-state index contributed by atoms with van der Waals surface area (Å²) in [6.45, 7) is 1.11. The maximum Gasteiger partial charge on any atom is 0.321 e. The summed E-state index contributed by atoms with van der Waals surface area (Å²) in [6.07, 6.45) is 0. The molecule has 0 heterocycles. The van der Waals surface area contributed by atoms with Gasteiger partial charge in [0.15, 0.2) is 4.90 Å². The summed E-state index contributed by atoms with van der Waals surface area (Å²) in [5.74, 6) is -1.29. The second-order valence-electron chi connectivity index (χ2n) is 3.77. The highest BCUT2D eigenvalue weighted by molar-refractivity contribution is 7.89. The first-order chi connectivity index (χ1) is 9.19. The largest absolute Gasteiger partial charge is 0.497 e. The van der Waals surface area contributed by atoms with Crippen molar-refractivity contribution in [2.45, 2.75) is 17.9 Å². The second-order valence-corrected chi connectivity index (χ2v) is 5.45. The van der Waals surface area contributed by atoms with Gasteiger partial charge in [0.05, 0.1) is 18.1 Å². The predicted octanol–water partition coefficient (Wildman–Crippen LogP) is 0.355. The number of hydrogen-bond acceptors (Lipinski definition) is 6. The van der Waals surface area contributed by atoms with Gasteiger partial charge in [0, 0.05) is 0 Å². The molecule has 1 unspecified atom stereocenters. The van der Waals surface area contributed by atoms with Crippen LogP contribution in [0.4, 0.5) is 5.69 Å². The zero-order valence-corrected chi connectivity index (χ0v) is 11.4. The van der Waals surface area contributed by atoms with E-state index in [1.54, 1.807) is 0 Å². The van der Waals surface area contributed by atoms with E-state index in [1.807, 2.05) is 4.72 Å². The summed E-state index contributed by atoms with van der Waals surface area (Å²) < 4.78 is 30.5. The molecule has 1 atom stereocenters. The minimum Gasteiger partial charge on any atom is -0.497 e. The molecule has 0 aromatic heterocycles. The van der Waals surface area contributed by atoms with Crippen molar-refractivity contribution < 1.29 is 28.0 Å². The third-order valence-electron chi connectivity index (χ3n) is 2.35. The van der Waals surface area contributed by atoms with Crippen molar-refractivity contribution >= 4 is 21.7 Å². The zero-order chi connectivity index (χ0) is 15.5.